The van der Waals surface area contributed by atoms with Crippen molar-refractivity contribution >= 4 is 5.69 Å². The van der Waals surface area contributed by atoms with Gasteiger partial charge in [-0.15, -0.1) is 5.10 Å². The number of benzene rings is 1. The monoisotopic (exact) mass is 358 g/mol. The molecule has 1 saturated heterocycles. The third-order valence-corrected chi connectivity index (χ3v) is 5.55. The van der Waals surface area contributed by atoms with Crippen LogP contribution in [0.15, 0.2) is 18.2 Å². The van der Waals surface area contributed by atoms with Gasteiger partial charge in [0, 0.05) is 25.2 Å². The summed E-state index contributed by atoms with van der Waals surface area (Å²) >= 11 is 0. The molecule has 0 N–H and O–H groups in total. The van der Waals surface area contributed by atoms with Crippen molar-refractivity contribution in [2.45, 2.75) is 38.1 Å². The van der Waals surface area contributed by atoms with Crippen LogP contribution in [0.25, 0.3) is 5.69 Å². The number of nitro benzene ring substituents is 1. The lowest BCUT2D eigenvalue weighted by atomic mass is 9.93. The number of ether oxygens (including phenoxy) is 1. The highest BCUT2D eigenvalue weighted by Gasteiger charge is 2.46. The van der Waals surface area contributed by atoms with Gasteiger partial charge in [-0.3, -0.25) is 15.0 Å². The minimum Gasteiger partial charge on any atom is -0.379 e. The van der Waals surface area contributed by atoms with Gasteiger partial charge in [-0.1, -0.05) is 12.8 Å². The minimum atomic E-state index is -0.385. The molecule has 26 heavy (non-hydrogen) atoms. The topological polar surface area (TPSA) is 99.2 Å². The van der Waals surface area contributed by atoms with Gasteiger partial charge in [0.05, 0.1) is 29.4 Å². The molecule has 4 rings (SSSR count). The molecule has 0 amide bonds. The number of nitro groups is 1. The molecule has 1 saturated carbocycles. The molecule has 9 nitrogen and oxygen atoms in total. The lowest BCUT2D eigenvalue weighted by molar-refractivity contribution is -0.384. The molecular weight excluding hydrogens is 336 g/mol. The molecule has 0 unspecified atom stereocenters. The second kappa shape index (κ2) is 6.73. The molecule has 0 atom stereocenters. The zero-order valence-electron chi connectivity index (χ0n) is 14.8. The van der Waals surface area contributed by atoms with Gasteiger partial charge in [0.2, 0.25) is 0 Å². The second-order valence-corrected chi connectivity index (χ2v) is 6.98. The first-order chi connectivity index (χ1) is 12.6. The number of nitrogens with zero attached hydrogens (tertiary/aromatic N) is 6. The van der Waals surface area contributed by atoms with Crippen LogP contribution in [0.1, 0.15) is 37.1 Å². The Hall–Kier alpha value is -2.39. The van der Waals surface area contributed by atoms with E-state index in [9.17, 15) is 10.1 Å². The van der Waals surface area contributed by atoms with Gasteiger partial charge in [0.25, 0.3) is 5.69 Å². The van der Waals surface area contributed by atoms with E-state index in [0.29, 0.717) is 0 Å². The average molecular weight is 358 g/mol. The van der Waals surface area contributed by atoms with Crippen molar-refractivity contribution < 1.29 is 9.66 Å². The molecule has 1 aliphatic carbocycles. The lowest BCUT2D eigenvalue weighted by Gasteiger charge is -2.42. The number of rotatable bonds is 4. The molecule has 138 valence electrons. The third-order valence-electron chi connectivity index (χ3n) is 5.55. The molecule has 1 aromatic carbocycles. The Morgan fingerprint density at radius 3 is 2.62 bits per heavy atom. The van der Waals surface area contributed by atoms with E-state index >= 15 is 0 Å². The van der Waals surface area contributed by atoms with Crippen molar-refractivity contribution in [1.29, 1.82) is 0 Å². The summed E-state index contributed by atoms with van der Waals surface area (Å²) in [4.78, 5) is 13.1. The van der Waals surface area contributed by atoms with Crippen LogP contribution in [-0.2, 0) is 10.3 Å². The summed E-state index contributed by atoms with van der Waals surface area (Å²) < 4.78 is 7.29. The van der Waals surface area contributed by atoms with E-state index in [1.807, 2.05) is 6.92 Å². The SMILES string of the molecule is Cc1cc([N+](=O)[O-])ccc1-n1nnnc1C1(N2CCOCC2)CCCC1. The Kier molecular flexibility index (Phi) is 4.41. The second-order valence-electron chi connectivity index (χ2n) is 6.98. The summed E-state index contributed by atoms with van der Waals surface area (Å²) in [6.45, 7) is 5.03. The standard InChI is InChI=1S/C17H22N6O3/c1-13-12-14(23(24)25)4-5-15(13)22-16(18-19-20-22)17(6-2-3-7-17)21-8-10-26-11-9-21/h4-5,12H,2-3,6-11H2,1H3. The first-order valence-corrected chi connectivity index (χ1v) is 8.99. The molecule has 2 fully saturated rings. The van der Waals surface area contributed by atoms with Crippen molar-refractivity contribution in [1.82, 2.24) is 25.1 Å². The number of aryl methyl sites for hydroxylation is 1. The van der Waals surface area contributed by atoms with Crippen LogP contribution in [0.3, 0.4) is 0 Å². The van der Waals surface area contributed by atoms with Crippen LogP contribution in [-0.4, -0.2) is 56.3 Å². The normalized spacial score (nSPS) is 20.3. The fourth-order valence-corrected chi connectivity index (χ4v) is 4.26. The summed E-state index contributed by atoms with van der Waals surface area (Å²) in [6.07, 6.45) is 4.31. The van der Waals surface area contributed by atoms with Crippen LogP contribution in [0.2, 0.25) is 0 Å². The van der Waals surface area contributed by atoms with Gasteiger partial charge in [0.15, 0.2) is 5.82 Å². The largest absolute Gasteiger partial charge is 0.379 e. The minimum absolute atomic E-state index is 0.0737. The maximum Gasteiger partial charge on any atom is 0.269 e. The summed E-state index contributed by atoms with van der Waals surface area (Å²) in [6, 6.07) is 4.80. The van der Waals surface area contributed by atoms with Crippen LogP contribution < -0.4 is 0 Å². The highest BCUT2D eigenvalue weighted by Crippen LogP contribution is 2.43. The van der Waals surface area contributed by atoms with Gasteiger partial charge in [-0.2, -0.15) is 4.68 Å². The quantitative estimate of drug-likeness (QED) is 0.608. The summed E-state index contributed by atoms with van der Waals surface area (Å²) in [5.41, 5.74) is 1.45. The van der Waals surface area contributed by atoms with Crippen molar-refractivity contribution in [3.05, 3.63) is 39.7 Å². The molecular formula is C17H22N6O3. The Labute approximate surface area is 151 Å². The predicted octanol–water partition coefficient (Wildman–Crippen LogP) is 1.98. The first kappa shape index (κ1) is 17.0. The highest BCUT2D eigenvalue weighted by atomic mass is 16.6. The highest BCUT2D eigenvalue weighted by molar-refractivity contribution is 5.47. The molecule has 2 aromatic rings. The molecule has 0 bridgehead atoms. The van der Waals surface area contributed by atoms with Gasteiger partial charge in [0.1, 0.15) is 0 Å². The Balaban J connectivity index is 1.77. The fourth-order valence-electron chi connectivity index (χ4n) is 4.26. The van der Waals surface area contributed by atoms with Crippen molar-refractivity contribution in [3.63, 3.8) is 0 Å². The van der Waals surface area contributed by atoms with E-state index in [-0.39, 0.29) is 16.1 Å². The van der Waals surface area contributed by atoms with E-state index < -0.39 is 0 Å². The Morgan fingerprint density at radius 1 is 1.23 bits per heavy atom. The molecule has 2 aliphatic rings. The third kappa shape index (κ3) is 2.77. The zero-order chi connectivity index (χ0) is 18.1. The predicted molar refractivity (Wildman–Crippen MR) is 93.1 cm³/mol. The summed E-state index contributed by atoms with van der Waals surface area (Å²) in [7, 11) is 0. The van der Waals surface area contributed by atoms with Gasteiger partial charge < -0.3 is 4.74 Å². The van der Waals surface area contributed by atoms with E-state index in [4.69, 9.17) is 4.74 Å². The average Bonchev–Trinajstić information content (AvgIpc) is 3.32. The molecule has 2 heterocycles. The van der Waals surface area contributed by atoms with Crippen molar-refractivity contribution in [3.8, 4) is 5.69 Å². The van der Waals surface area contributed by atoms with E-state index in [0.717, 1.165) is 69.1 Å². The first-order valence-electron chi connectivity index (χ1n) is 8.99. The van der Waals surface area contributed by atoms with Crippen LogP contribution >= 0.6 is 0 Å². The van der Waals surface area contributed by atoms with Crippen molar-refractivity contribution in [2.75, 3.05) is 26.3 Å². The zero-order valence-corrected chi connectivity index (χ0v) is 14.8. The molecule has 0 radical (unpaired) electrons. The maximum absolute atomic E-state index is 11.0. The van der Waals surface area contributed by atoms with Gasteiger partial charge in [-0.25, -0.2) is 0 Å². The Morgan fingerprint density at radius 2 is 1.96 bits per heavy atom. The van der Waals surface area contributed by atoms with E-state index in [1.54, 1.807) is 16.8 Å². The maximum atomic E-state index is 11.0. The number of tetrazole rings is 1. The van der Waals surface area contributed by atoms with Crippen LogP contribution in [0.4, 0.5) is 5.69 Å². The van der Waals surface area contributed by atoms with Gasteiger partial charge >= 0.3 is 0 Å². The molecule has 1 aromatic heterocycles. The van der Waals surface area contributed by atoms with Crippen LogP contribution in [0.5, 0.6) is 0 Å². The molecule has 0 spiro atoms. The number of morpholine rings is 1. The molecule has 9 heteroatoms. The van der Waals surface area contributed by atoms with Crippen molar-refractivity contribution in [2.24, 2.45) is 0 Å². The number of hydrogen-bond donors (Lipinski definition) is 0. The summed E-state index contributed by atoms with van der Waals surface area (Å²) in [5.74, 6) is 0.828. The summed E-state index contributed by atoms with van der Waals surface area (Å²) in [5, 5.41) is 23.6. The van der Waals surface area contributed by atoms with Gasteiger partial charge in [-0.05, 0) is 41.8 Å². The van der Waals surface area contributed by atoms with Crippen LogP contribution in [0, 0.1) is 17.0 Å². The number of non-ortho nitro benzene ring substituents is 1. The fraction of sp³-hybridized carbons (Fsp3) is 0.588. The molecule has 1 aliphatic heterocycles. The number of aromatic nitrogens is 4. The van der Waals surface area contributed by atoms with E-state index in [1.165, 1.54) is 6.07 Å². The number of hydrogen-bond acceptors (Lipinski definition) is 7. The smallest absolute Gasteiger partial charge is 0.269 e. The lowest BCUT2D eigenvalue weighted by Crippen LogP contribution is -2.51. The Bertz CT molecular complexity index is 809. The van der Waals surface area contributed by atoms with E-state index in [2.05, 4.69) is 20.4 Å².